The Morgan fingerprint density at radius 1 is 1.67 bits per heavy atom. The van der Waals surface area contributed by atoms with E-state index in [1.807, 2.05) is 0 Å². The highest BCUT2D eigenvalue weighted by Gasteiger charge is 2.02. The van der Waals surface area contributed by atoms with Crippen molar-refractivity contribution < 1.29 is 0 Å². The highest BCUT2D eigenvalue weighted by Crippen LogP contribution is 1.85. The number of rotatable bonds is 0. The fraction of sp³-hybridized carbons (Fsp3) is 1.00. The van der Waals surface area contributed by atoms with Gasteiger partial charge in [-0.05, 0) is 6.42 Å². The van der Waals surface area contributed by atoms with Gasteiger partial charge in [-0.3, -0.25) is 5.84 Å². The van der Waals surface area contributed by atoms with Gasteiger partial charge >= 0.3 is 0 Å². The molecule has 3 N–H and O–H groups in total. The van der Waals surface area contributed by atoms with Crippen LogP contribution < -0.4 is 11.3 Å². The van der Waals surface area contributed by atoms with E-state index in [2.05, 4.69) is 5.43 Å². The molecule has 1 fully saturated rings. The van der Waals surface area contributed by atoms with Gasteiger partial charge in [0.2, 0.25) is 0 Å². The molecule has 0 unspecified atom stereocenters. The van der Waals surface area contributed by atoms with Crippen LogP contribution in [0.2, 0.25) is 0 Å². The summed E-state index contributed by atoms with van der Waals surface area (Å²) >= 11 is 0. The first-order valence-corrected chi connectivity index (χ1v) is 2.15. The van der Waals surface area contributed by atoms with E-state index in [-0.39, 0.29) is 0 Å². The molecule has 0 aromatic heterocycles. The molecular weight excluding hydrogens is 78.1 g/mol. The fourth-order valence-electron chi connectivity index (χ4n) is 0.551. The lowest BCUT2D eigenvalue weighted by atomic mass is 10.5. The Balaban J connectivity index is 2.18. The summed E-state index contributed by atoms with van der Waals surface area (Å²) in [5.41, 5.74) is 2.93. The van der Waals surface area contributed by atoms with Crippen LogP contribution in [0.5, 0.6) is 0 Å². The lowest BCUT2D eigenvalue weighted by Gasteiger charge is -2.02. The van der Waals surface area contributed by atoms with Gasteiger partial charge in [0.05, 0.1) is 0 Å². The summed E-state index contributed by atoms with van der Waals surface area (Å²) in [6.07, 6.45) is 1.18. The average molecular weight is 87.1 g/mol. The van der Waals surface area contributed by atoms with Crippen molar-refractivity contribution in [3.8, 4) is 0 Å². The number of nitrogens with one attached hydrogen (secondary N) is 1. The number of hydrogen-bond acceptors (Lipinski definition) is 3. The molecule has 0 radical (unpaired) electrons. The molecule has 1 aliphatic rings. The van der Waals surface area contributed by atoms with Crippen LogP contribution in [0.15, 0.2) is 0 Å². The van der Waals surface area contributed by atoms with Gasteiger partial charge in [-0.25, -0.2) is 5.43 Å². The van der Waals surface area contributed by atoms with E-state index in [1.165, 1.54) is 6.42 Å². The standard InChI is InChI=1S/C3H9N3/c4-6-3-1-2-5-6/h5H,1-4H2. The molecular formula is C3H9N3. The maximum atomic E-state index is 5.26. The second kappa shape index (κ2) is 1.55. The topological polar surface area (TPSA) is 41.3 Å². The summed E-state index contributed by atoms with van der Waals surface area (Å²) < 4.78 is 0. The molecule has 0 spiro atoms. The second-order valence-corrected chi connectivity index (χ2v) is 1.46. The lowest BCUT2D eigenvalue weighted by molar-refractivity contribution is 0.262. The van der Waals surface area contributed by atoms with Crippen molar-refractivity contribution >= 4 is 0 Å². The Kier molecular flexibility index (Phi) is 1.05. The van der Waals surface area contributed by atoms with Crippen molar-refractivity contribution in [3.05, 3.63) is 0 Å². The minimum absolute atomic E-state index is 0.986. The van der Waals surface area contributed by atoms with Crippen molar-refractivity contribution in [3.63, 3.8) is 0 Å². The maximum absolute atomic E-state index is 5.26. The smallest absolute Gasteiger partial charge is 0.0298 e. The second-order valence-electron chi connectivity index (χ2n) is 1.46. The Bertz CT molecular complexity index is 39.3. The van der Waals surface area contributed by atoms with Gasteiger partial charge in [0.1, 0.15) is 0 Å². The molecule has 0 atom stereocenters. The molecule has 1 saturated heterocycles. The van der Waals surface area contributed by atoms with E-state index in [9.17, 15) is 0 Å². The summed E-state index contributed by atoms with van der Waals surface area (Å²) in [6.45, 7) is 2.02. The summed E-state index contributed by atoms with van der Waals surface area (Å²) in [6, 6.07) is 0. The van der Waals surface area contributed by atoms with Gasteiger partial charge in [-0.1, -0.05) is 0 Å². The number of hydrogen-bond donors (Lipinski definition) is 2. The van der Waals surface area contributed by atoms with Gasteiger partial charge in [-0.2, -0.15) is 5.12 Å². The first-order valence-electron chi connectivity index (χ1n) is 2.15. The molecule has 1 rings (SSSR count). The van der Waals surface area contributed by atoms with Crippen LogP contribution in [0.3, 0.4) is 0 Å². The molecule has 1 heterocycles. The third-order valence-electron chi connectivity index (χ3n) is 0.891. The minimum Gasteiger partial charge on any atom is -0.255 e. The third kappa shape index (κ3) is 0.680. The van der Waals surface area contributed by atoms with E-state index in [0.29, 0.717) is 0 Å². The molecule has 0 saturated carbocycles. The van der Waals surface area contributed by atoms with E-state index in [1.54, 1.807) is 5.12 Å². The van der Waals surface area contributed by atoms with Crippen molar-refractivity contribution in [1.82, 2.24) is 10.5 Å². The van der Waals surface area contributed by atoms with E-state index in [0.717, 1.165) is 13.1 Å². The predicted molar refractivity (Wildman–Crippen MR) is 23.5 cm³/mol. The number of nitrogens with two attached hydrogens (primary N) is 1. The average Bonchev–Trinajstić information content (AvgIpc) is 1.86. The summed E-state index contributed by atoms with van der Waals surface area (Å²) in [4.78, 5) is 0. The van der Waals surface area contributed by atoms with Crippen molar-refractivity contribution in [2.24, 2.45) is 5.84 Å². The van der Waals surface area contributed by atoms with Crippen molar-refractivity contribution in [1.29, 1.82) is 0 Å². The van der Waals surface area contributed by atoms with Crippen molar-refractivity contribution in [2.75, 3.05) is 13.1 Å². The Hall–Kier alpha value is -0.120. The predicted octanol–water partition coefficient (Wildman–Crippen LogP) is -0.930. The van der Waals surface area contributed by atoms with Crippen LogP contribution in [0.1, 0.15) is 6.42 Å². The first-order chi connectivity index (χ1) is 2.89. The van der Waals surface area contributed by atoms with Crippen LogP contribution in [-0.2, 0) is 0 Å². The summed E-state index contributed by atoms with van der Waals surface area (Å²) in [5, 5.41) is 1.61. The van der Waals surface area contributed by atoms with Crippen LogP contribution in [0.4, 0.5) is 0 Å². The largest absolute Gasteiger partial charge is 0.255 e. The van der Waals surface area contributed by atoms with Gasteiger partial charge in [0.15, 0.2) is 0 Å². The molecule has 0 aromatic rings. The maximum Gasteiger partial charge on any atom is 0.0298 e. The van der Waals surface area contributed by atoms with Crippen molar-refractivity contribution in [2.45, 2.75) is 6.42 Å². The SMILES string of the molecule is NN1CCCN1. The molecule has 1 aliphatic heterocycles. The molecule has 36 valence electrons. The zero-order valence-corrected chi connectivity index (χ0v) is 3.65. The van der Waals surface area contributed by atoms with E-state index in [4.69, 9.17) is 5.84 Å². The lowest BCUT2D eigenvalue weighted by Crippen LogP contribution is -2.36. The zero-order chi connectivity index (χ0) is 4.41. The summed E-state index contributed by atoms with van der Waals surface area (Å²) in [5.74, 6) is 5.26. The zero-order valence-electron chi connectivity index (χ0n) is 3.65. The molecule has 3 heteroatoms. The highest BCUT2D eigenvalue weighted by molar-refractivity contribution is 4.52. The third-order valence-corrected chi connectivity index (χ3v) is 0.891. The molecule has 0 amide bonds. The van der Waals surface area contributed by atoms with E-state index < -0.39 is 0 Å². The Morgan fingerprint density at radius 3 is 2.67 bits per heavy atom. The number of nitrogens with zero attached hydrogens (tertiary/aromatic N) is 1. The molecule has 0 aliphatic carbocycles. The van der Waals surface area contributed by atoms with Crippen LogP contribution in [-0.4, -0.2) is 18.2 Å². The Morgan fingerprint density at radius 2 is 2.50 bits per heavy atom. The van der Waals surface area contributed by atoms with Gasteiger partial charge in [0, 0.05) is 13.1 Å². The highest BCUT2D eigenvalue weighted by atomic mass is 15.7. The molecule has 6 heavy (non-hydrogen) atoms. The Labute approximate surface area is 37.1 Å². The normalized spacial score (nSPS) is 25.5. The van der Waals surface area contributed by atoms with Gasteiger partial charge < -0.3 is 0 Å². The number of hydrazine groups is 2. The quantitative estimate of drug-likeness (QED) is 0.375. The first kappa shape index (κ1) is 4.05. The van der Waals surface area contributed by atoms with Gasteiger partial charge in [0.25, 0.3) is 0 Å². The van der Waals surface area contributed by atoms with Crippen LogP contribution >= 0.6 is 0 Å². The fourth-order valence-corrected chi connectivity index (χ4v) is 0.551. The molecule has 3 nitrogen and oxygen atoms in total. The van der Waals surface area contributed by atoms with Crippen LogP contribution in [0, 0.1) is 0 Å². The van der Waals surface area contributed by atoms with Crippen LogP contribution in [0.25, 0.3) is 0 Å². The van der Waals surface area contributed by atoms with E-state index >= 15 is 0 Å². The van der Waals surface area contributed by atoms with Gasteiger partial charge in [-0.15, -0.1) is 0 Å². The monoisotopic (exact) mass is 87.1 g/mol. The molecule has 0 bridgehead atoms. The summed E-state index contributed by atoms with van der Waals surface area (Å²) in [7, 11) is 0. The minimum atomic E-state index is 0.986. The molecule has 0 aromatic carbocycles.